The summed E-state index contributed by atoms with van der Waals surface area (Å²) in [7, 11) is 1.66. The molecule has 16 heavy (non-hydrogen) atoms. The molecule has 0 radical (unpaired) electrons. The monoisotopic (exact) mass is 221 g/mol. The lowest BCUT2D eigenvalue weighted by Crippen LogP contribution is -2.34. The molecule has 0 bridgehead atoms. The predicted octanol–water partition coefficient (Wildman–Crippen LogP) is 1.32. The van der Waals surface area contributed by atoms with Crippen LogP contribution in [-0.4, -0.2) is 29.9 Å². The number of hydrogen-bond acceptors (Lipinski definition) is 3. The lowest BCUT2D eigenvalue weighted by molar-refractivity contribution is -0.137. The zero-order chi connectivity index (χ0) is 12.0. The summed E-state index contributed by atoms with van der Waals surface area (Å²) in [4.78, 5) is 22.4. The van der Waals surface area contributed by atoms with Crippen molar-refractivity contribution in [1.82, 2.24) is 5.32 Å². The second kappa shape index (κ2) is 6.02. The van der Waals surface area contributed by atoms with E-state index in [1.165, 1.54) is 0 Å². The molecule has 0 saturated carbocycles. The Labute approximate surface area is 94.3 Å². The van der Waals surface area contributed by atoms with Crippen molar-refractivity contribution in [3.63, 3.8) is 0 Å². The number of carbonyl (C=O) groups is 2. The number of rotatable bonds is 6. The SMILES string of the molecule is CNC(CCC(=O)O)C(=O)c1ccccc1. The van der Waals surface area contributed by atoms with Crippen LogP contribution < -0.4 is 5.32 Å². The van der Waals surface area contributed by atoms with Crippen LogP contribution in [0.3, 0.4) is 0 Å². The first kappa shape index (κ1) is 12.4. The minimum atomic E-state index is -0.888. The summed E-state index contributed by atoms with van der Waals surface area (Å²) in [6.07, 6.45) is 0.295. The molecular formula is C12H15NO3. The number of carboxylic acid groups (broad SMARTS) is 1. The van der Waals surface area contributed by atoms with Gasteiger partial charge in [-0.25, -0.2) is 0 Å². The van der Waals surface area contributed by atoms with E-state index in [2.05, 4.69) is 5.32 Å². The second-order valence-corrected chi connectivity index (χ2v) is 3.50. The number of carbonyl (C=O) groups excluding carboxylic acids is 1. The Bertz CT molecular complexity index is 362. The molecule has 1 aromatic rings. The van der Waals surface area contributed by atoms with Crippen LogP contribution in [0.4, 0.5) is 0 Å². The number of ketones is 1. The fourth-order valence-corrected chi connectivity index (χ4v) is 1.48. The van der Waals surface area contributed by atoms with Gasteiger partial charge in [-0.3, -0.25) is 9.59 Å². The van der Waals surface area contributed by atoms with Crippen LogP contribution in [0.25, 0.3) is 0 Å². The summed E-state index contributed by atoms with van der Waals surface area (Å²) in [5.41, 5.74) is 0.604. The van der Waals surface area contributed by atoms with E-state index in [0.717, 1.165) is 0 Å². The van der Waals surface area contributed by atoms with E-state index < -0.39 is 12.0 Å². The highest BCUT2D eigenvalue weighted by Gasteiger charge is 2.18. The van der Waals surface area contributed by atoms with Gasteiger partial charge in [0.05, 0.1) is 6.04 Å². The number of hydrogen-bond donors (Lipinski definition) is 2. The highest BCUT2D eigenvalue weighted by Crippen LogP contribution is 2.07. The standard InChI is InChI=1S/C12H15NO3/c1-13-10(7-8-11(14)15)12(16)9-5-3-2-4-6-9/h2-6,10,13H,7-8H2,1H3,(H,14,15). The minimum absolute atomic E-state index is 0.00984. The molecule has 1 unspecified atom stereocenters. The zero-order valence-electron chi connectivity index (χ0n) is 9.14. The van der Waals surface area contributed by atoms with Crippen LogP contribution in [0.5, 0.6) is 0 Å². The van der Waals surface area contributed by atoms with Crippen LogP contribution in [0.2, 0.25) is 0 Å². The van der Waals surface area contributed by atoms with Crippen LogP contribution in [0.1, 0.15) is 23.2 Å². The first-order valence-corrected chi connectivity index (χ1v) is 5.13. The third-order valence-electron chi connectivity index (χ3n) is 2.37. The van der Waals surface area contributed by atoms with E-state index in [-0.39, 0.29) is 12.2 Å². The van der Waals surface area contributed by atoms with Crippen LogP contribution in [0, 0.1) is 0 Å². The van der Waals surface area contributed by atoms with Crippen molar-refractivity contribution in [2.45, 2.75) is 18.9 Å². The first-order chi connectivity index (χ1) is 7.65. The molecule has 0 amide bonds. The van der Waals surface area contributed by atoms with E-state index in [9.17, 15) is 9.59 Å². The lowest BCUT2D eigenvalue weighted by atomic mass is 10.0. The molecule has 0 fully saturated rings. The Hall–Kier alpha value is -1.68. The number of carboxylic acids is 1. The summed E-state index contributed by atoms with van der Waals surface area (Å²) in [5.74, 6) is -0.953. The fourth-order valence-electron chi connectivity index (χ4n) is 1.48. The summed E-state index contributed by atoms with van der Waals surface area (Å²) >= 11 is 0. The first-order valence-electron chi connectivity index (χ1n) is 5.13. The maximum absolute atomic E-state index is 11.9. The molecule has 4 nitrogen and oxygen atoms in total. The molecule has 0 heterocycles. The van der Waals surface area contributed by atoms with Crippen LogP contribution in [-0.2, 0) is 4.79 Å². The molecule has 86 valence electrons. The van der Waals surface area contributed by atoms with Gasteiger partial charge in [0.25, 0.3) is 0 Å². The summed E-state index contributed by atoms with van der Waals surface area (Å²) in [6.45, 7) is 0. The molecule has 2 N–H and O–H groups in total. The maximum Gasteiger partial charge on any atom is 0.303 e. The minimum Gasteiger partial charge on any atom is -0.481 e. The molecule has 0 aliphatic rings. The Morgan fingerprint density at radius 2 is 1.94 bits per heavy atom. The highest BCUT2D eigenvalue weighted by atomic mass is 16.4. The third-order valence-corrected chi connectivity index (χ3v) is 2.37. The molecule has 0 saturated heterocycles. The second-order valence-electron chi connectivity index (χ2n) is 3.50. The lowest BCUT2D eigenvalue weighted by Gasteiger charge is -2.13. The van der Waals surface area contributed by atoms with Crippen molar-refractivity contribution in [1.29, 1.82) is 0 Å². The van der Waals surface area contributed by atoms with Crippen molar-refractivity contribution >= 4 is 11.8 Å². The number of benzene rings is 1. The average Bonchev–Trinajstić information content (AvgIpc) is 2.30. The van der Waals surface area contributed by atoms with Gasteiger partial charge in [-0.05, 0) is 13.5 Å². The van der Waals surface area contributed by atoms with Gasteiger partial charge in [0.15, 0.2) is 5.78 Å². The van der Waals surface area contributed by atoms with Gasteiger partial charge in [0, 0.05) is 12.0 Å². The number of nitrogens with one attached hydrogen (secondary N) is 1. The Balaban J connectivity index is 2.66. The van der Waals surface area contributed by atoms with Gasteiger partial charge < -0.3 is 10.4 Å². The van der Waals surface area contributed by atoms with E-state index in [4.69, 9.17) is 5.11 Å². The largest absolute Gasteiger partial charge is 0.481 e. The van der Waals surface area contributed by atoms with Gasteiger partial charge in [-0.2, -0.15) is 0 Å². The molecule has 1 atom stereocenters. The molecular weight excluding hydrogens is 206 g/mol. The summed E-state index contributed by atoms with van der Waals surface area (Å²) in [5, 5.41) is 11.4. The average molecular weight is 221 g/mol. The van der Waals surface area contributed by atoms with E-state index in [1.54, 1.807) is 31.3 Å². The van der Waals surface area contributed by atoms with Gasteiger partial charge in [0.1, 0.15) is 0 Å². The molecule has 0 aromatic heterocycles. The third kappa shape index (κ3) is 3.47. The van der Waals surface area contributed by atoms with Crippen LogP contribution in [0.15, 0.2) is 30.3 Å². The summed E-state index contributed by atoms with van der Waals surface area (Å²) < 4.78 is 0. The topological polar surface area (TPSA) is 66.4 Å². The Morgan fingerprint density at radius 1 is 1.31 bits per heavy atom. The summed E-state index contributed by atoms with van der Waals surface area (Å²) in [6, 6.07) is 8.44. The van der Waals surface area contributed by atoms with Crippen LogP contribution >= 0.6 is 0 Å². The van der Waals surface area contributed by atoms with Gasteiger partial charge in [-0.1, -0.05) is 30.3 Å². The molecule has 0 spiro atoms. The number of likely N-dealkylation sites (N-methyl/N-ethyl adjacent to an activating group) is 1. The van der Waals surface area contributed by atoms with Gasteiger partial charge >= 0.3 is 5.97 Å². The van der Waals surface area contributed by atoms with E-state index >= 15 is 0 Å². The molecule has 1 aromatic carbocycles. The number of Topliss-reactive ketones (excluding diaryl/α,β-unsaturated/α-hetero) is 1. The predicted molar refractivity (Wildman–Crippen MR) is 60.5 cm³/mol. The fraction of sp³-hybridized carbons (Fsp3) is 0.333. The van der Waals surface area contributed by atoms with Crippen molar-refractivity contribution in [3.05, 3.63) is 35.9 Å². The molecule has 0 aliphatic heterocycles. The van der Waals surface area contributed by atoms with Crippen molar-refractivity contribution in [2.24, 2.45) is 0 Å². The molecule has 0 aliphatic carbocycles. The number of aliphatic carboxylic acids is 1. The Morgan fingerprint density at radius 3 is 2.44 bits per heavy atom. The van der Waals surface area contributed by atoms with Gasteiger partial charge in [-0.15, -0.1) is 0 Å². The van der Waals surface area contributed by atoms with Gasteiger partial charge in [0.2, 0.25) is 0 Å². The Kier molecular flexibility index (Phi) is 4.66. The van der Waals surface area contributed by atoms with Crippen molar-refractivity contribution < 1.29 is 14.7 Å². The highest BCUT2D eigenvalue weighted by molar-refractivity contribution is 6.00. The zero-order valence-corrected chi connectivity index (χ0v) is 9.14. The van der Waals surface area contributed by atoms with Crippen molar-refractivity contribution in [3.8, 4) is 0 Å². The van der Waals surface area contributed by atoms with E-state index in [1.807, 2.05) is 6.07 Å². The van der Waals surface area contributed by atoms with Crippen molar-refractivity contribution in [2.75, 3.05) is 7.05 Å². The maximum atomic E-state index is 11.9. The quantitative estimate of drug-likeness (QED) is 0.711. The van der Waals surface area contributed by atoms with E-state index in [0.29, 0.717) is 12.0 Å². The molecule has 4 heteroatoms. The smallest absolute Gasteiger partial charge is 0.303 e. The normalized spacial score (nSPS) is 12.1. The molecule has 1 rings (SSSR count).